The molecule has 0 radical (unpaired) electrons. The lowest BCUT2D eigenvalue weighted by Gasteiger charge is -2.23. The molecule has 0 fully saturated rings. The quantitative estimate of drug-likeness (QED) is 0.672. The molecule has 14 heavy (non-hydrogen) atoms. The summed E-state index contributed by atoms with van der Waals surface area (Å²) in [5.41, 5.74) is 0.288. The molecule has 0 aliphatic heterocycles. The molecule has 0 amide bonds. The highest BCUT2D eigenvalue weighted by atomic mass is 16.3. The minimum atomic E-state index is -0.724. The Bertz CT molecular complexity index is 315. The highest BCUT2D eigenvalue weighted by molar-refractivity contribution is 5.27. The molecule has 0 heterocycles. The molecular weight excluding hydrogens is 172 g/mol. The van der Waals surface area contributed by atoms with E-state index in [1.807, 2.05) is 36.4 Å². The molecule has 0 aromatic heterocycles. The molecule has 1 aliphatic carbocycles. The fourth-order valence-electron chi connectivity index (χ4n) is 1.99. The van der Waals surface area contributed by atoms with Crippen molar-refractivity contribution in [3.63, 3.8) is 0 Å². The van der Waals surface area contributed by atoms with E-state index in [-0.39, 0.29) is 0 Å². The Hall–Kier alpha value is -1.08. The van der Waals surface area contributed by atoms with Gasteiger partial charge in [0, 0.05) is 0 Å². The van der Waals surface area contributed by atoms with Crippen LogP contribution in [0.2, 0.25) is 0 Å². The van der Waals surface area contributed by atoms with Crippen molar-refractivity contribution >= 4 is 0 Å². The van der Waals surface area contributed by atoms with Crippen LogP contribution in [0, 0.1) is 0 Å². The van der Waals surface area contributed by atoms with Crippen LogP contribution in [0.4, 0.5) is 0 Å². The van der Waals surface area contributed by atoms with Crippen molar-refractivity contribution in [3.8, 4) is 0 Å². The van der Waals surface area contributed by atoms with Gasteiger partial charge in [-0.05, 0) is 31.2 Å². The number of rotatable bonds is 1. The average molecular weight is 188 g/mol. The predicted molar refractivity (Wildman–Crippen MR) is 57.9 cm³/mol. The molecule has 0 bridgehead atoms. The smallest absolute Gasteiger partial charge is 0.108 e. The summed E-state index contributed by atoms with van der Waals surface area (Å²) in [4.78, 5) is 0. The Kier molecular flexibility index (Phi) is 2.69. The summed E-state index contributed by atoms with van der Waals surface area (Å²) < 4.78 is 0. The van der Waals surface area contributed by atoms with Crippen molar-refractivity contribution in [1.82, 2.24) is 0 Å². The lowest BCUT2D eigenvalue weighted by molar-refractivity contribution is 0.0788. The minimum Gasteiger partial charge on any atom is -0.381 e. The highest BCUT2D eigenvalue weighted by Gasteiger charge is 2.25. The summed E-state index contributed by atoms with van der Waals surface area (Å²) in [7, 11) is 0. The van der Waals surface area contributed by atoms with E-state index < -0.39 is 5.60 Å². The Morgan fingerprint density at radius 1 is 1.07 bits per heavy atom. The Morgan fingerprint density at radius 3 is 2.64 bits per heavy atom. The summed E-state index contributed by atoms with van der Waals surface area (Å²) in [6.07, 6.45) is 8.27. The maximum Gasteiger partial charge on any atom is 0.108 e. The number of benzene rings is 1. The van der Waals surface area contributed by atoms with E-state index >= 15 is 0 Å². The molecule has 1 unspecified atom stereocenters. The molecular formula is C13H16O. The normalized spacial score (nSPS) is 27.2. The van der Waals surface area contributed by atoms with Crippen LogP contribution < -0.4 is 0 Å². The van der Waals surface area contributed by atoms with E-state index in [1.54, 1.807) is 0 Å². The predicted octanol–water partition coefficient (Wildman–Crippen LogP) is 3.00. The largest absolute Gasteiger partial charge is 0.381 e. The highest BCUT2D eigenvalue weighted by Crippen LogP contribution is 2.31. The van der Waals surface area contributed by atoms with Gasteiger partial charge in [-0.1, -0.05) is 42.5 Å². The zero-order valence-electron chi connectivity index (χ0n) is 8.32. The van der Waals surface area contributed by atoms with E-state index in [2.05, 4.69) is 6.08 Å². The molecule has 1 atom stereocenters. The molecule has 1 N–H and O–H groups in total. The molecule has 1 nitrogen and oxygen atoms in total. The molecule has 0 saturated heterocycles. The molecule has 1 aromatic carbocycles. The first kappa shape index (κ1) is 9.47. The second kappa shape index (κ2) is 3.97. The third-order valence-corrected chi connectivity index (χ3v) is 2.85. The molecule has 74 valence electrons. The topological polar surface area (TPSA) is 20.2 Å². The van der Waals surface area contributed by atoms with Crippen LogP contribution in [-0.4, -0.2) is 5.11 Å². The third kappa shape index (κ3) is 1.88. The molecule has 1 heteroatoms. The monoisotopic (exact) mass is 188 g/mol. The van der Waals surface area contributed by atoms with Crippen LogP contribution in [0.25, 0.3) is 0 Å². The summed E-state index contributed by atoms with van der Waals surface area (Å²) in [6.45, 7) is 0. The summed E-state index contributed by atoms with van der Waals surface area (Å²) in [5.74, 6) is 0. The van der Waals surface area contributed by atoms with Gasteiger partial charge in [0.15, 0.2) is 0 Å². The van der Waals surface area contributed by atoms with Gasteiger partial charge >= 0.3 is 0 Å². The van der Waals surface area contributed by atoms with Crippen molar-refractivity contribution in [2.45, 2.75) is 31.3 Å². The zero-order chi connectivity index (χ0) is 9.86. The second-order valence-electron chi connectivity index (χ2n) is 3.94. The molecule has 2 rings (SSSR count). The van der Waals surface area contributed by atoms with Crippen molar-refractivity contribution < 1.29 is 5.11 Å². The van der Waals surface area contributed by atoms with Gasteiger partial charge in [0.1, 0.15) is 5.60 Å². The maximum atomic E-state index is 10.4. The maximum absolute atomic E-state index is 10.4. The first-order chi connectivity index (χ1) is 6.81. The standard InChI is InChI=1S/C13H16O/c14-13(10-6-1-2-7-11-13)12-8-4-3-5-9-12/h3-6,8-10,14H,1-2,7,11H2. The number of hydrogen-bond acceptors (Lipinski definition) is 1. The fourth-order valence-corrected chi connectivity index (χ4v) is 1.99. The van der Waals surface area contributed by atoms with Crippen LogP contribution in [0.3, 0.4) is 0 Å². The van der Waals surface area contributed by atoms with Crippen LogP contribution in [-0.2, 0) is 5.60 Å². The molecule has 1 aromatic rings. The van der Waals surface area contributed by atoms with E-state index in [9.17, 15) is 5.11 Å². The van der Waals surface area contributed by atoms with E-state index in [0.717, 1.165) is 24.8 Å². The van der Waals surface area contributed by atoms with Crippen molar-refractivity contribution in [1.29, 1.82) is 0 Å². The SMILES string of the molecule is OC1(c2ccccc2)C=CCCCC1. The van der Waals surface area contributed by atoms with Gasteiger partial charge in [-0.15, -0.1) is 0 Å². The Morgan fingerprint density at radius 2 is 1.86 bits per heavy atom. The first-order valence-electron chi connectivity index (χ1n) is 5.27. The number of aliphatic hydroxyl groups is 1. The van der Waals surface area contributed by atoms with Gasteiger partial charge in [-0.25, -0.2) is 0 Å². The van der Waals surface area contributed by atoms with Crippen LogP contribution in [0.1, 0.15) is 31.2 Å². The lowest BCUT2D eigenvalue weighted by atomic mass is 9.90. The van der Waals surface area contributed by atoms with Gasteiger partial charge in [-0.2, -0.15) is 0 Å². The van der Waals surface area contributed by atoms with Gasteiger partial charge in [0.25, 0.3) is 0 Å². The van der Waals surface area contributed by atoms with Gasteiger partial charge in [0.05, 0.1) is 0 Å². The van der Waals surface area contributed by atoms with E-state index in [4.69, 9.17) is 0 Å². The van der Waals surface area contributed by atoms with Crippen LogP contribution in [0.15, 0.2) is 42.5 Å². The number of hydrogen-bond donors (Lipinski definition) is 1. The summed E-state index contributed by atoms with van der Waals surface area (Å²) in [6, 6.07) is 9.93. The number of allylic oxidation sites excluding steroid dienone is 1. The van der Waals surface area contributed by atoms with Crippen molar-refractivity contribution in [3.05, 3.63) is 48.0 Å². The zero-order valence-corrected chi connectivity index (χ0v) is 8.32. The molecule has 0 spiro atoms. The van der Waals surface area contributed by atoms with Gasteiger partial charge in [0.2, 0.25) is 0 Å². The third-order valence-electron chi connectivity index (χ3n) is 2.85. The van der Waals surface area contributed by atoms with E-state index in [0.29, 0.717) is 0 Å². The Balaban J connectivity index is 2.30. The summed E-state index contributed by atoms with van der Waals surface area (Å²) >= 11 is 0. The summed E-state index contributed by atoms with van der Waals surface area (Å²) in [5, 5.41) is 10.4. The Labute approximate surface area is 85.1 Å². The van der Waals surface area contributed by atoms with Crippen LogP contribution >= 0.6 is 0 Å². The van der Waals surface area contributed by atoms with Gasteiger partial charge in [-0.3, -0.25) is 0 Å². The van der Waals surface area contributed by atoms with Crippen molar-refractivity contribution in [2.24, 2.45) is 0 Å². The average Bonchev–Trinajstić information content (AvgIpc) is 2.46. The molecule has 1 aliphatic rings. The lowest BCUT2D eigenvalue weighted by Crippen LogP contribution is -2.21. The van der Waals surface area contributed by atoms with E-state index in [1.165, 1.54) is 6.42 Å². The van der Waals surface area contributed by atoms with Crippen molar-refractivity contribution in [2.75, 3.05) is 0 Å². The van der Waals surface area contributed by atoms with Gasteiger partial charge < -0.3 is 5.11 Å². The molecule has 0 saturated carbocycles. The first-order valence-corrected chi connectivity index (χ1v) is 5.27. The minimum absolute atomic E-state index is 0.724. The second-order valence-corrected chi connectivity index (χ2v) is 3.94. The van der Waals surface area contributed by atoms with Crippen LogP contribution in [0.5, 0.6) is 0 Å². The fraction of sp³-hybridized carbons (Fsp3) is 0.385.